The summed E-state index contributed by atoms with van der Waals surface area (Å²) < 4.78 is 4.43. The minimum Gasteiger partial charge on any atom is -0.139 e. The van der Waals surface area contributed by atoms with Crippen LogP contribution >= 0.6 is 45.3 Å². The van der Waals surface area contributed by atoms with Crippen molar-refractivity contribution in [2.75, 3.05) is 0 Å². The van der Waals surface area contributed by atoms with Crippen LogP contribution in [0.1, 0.15) is 99.6 Å². The zero-order valence-corrected chi connectivity index (χ0v) is 22.4. The van der Waals surface area contributed by atoms with Gasteiger partial charge >= 0.3 is 0 Å². The summed E-state index contributed by atoms with van der Waals surface area (Å²) in [6.07, 6.45) is 0. The van der Waals surface area contributed by atoms with E-state index in [9.17, 15) is 0 Å². The second-order valence-corrected chi connectivity index (χ2v) is 14.4. The third-order valence-electron chi connectivity index (χ3n) is 4.92. The molecule has 0 aromatic carbocycles. The highest BCUT2D eigenvalue weighted by atomic mass is 32.2. The van der Waals surface area contributed by atoms with Crippen LogP contribution in [0.3, 0.4) is 0 Å². The Morgan fingerprint density at radius 1 is 0.586 bits per heavy atom. The van der Waals surface area contributed by atoms with E-state index in [-0.39, 0.29) is 0 Å². The van der Waals surface area contributed by atoms with Crippen LogP contribution in [0.15, 0.2) is 24.3 Å². The molecule has 0 saturated carbocycles. The monoisotopic (exact) mass is 462 g/mol. The number of hydrogen-bond donors (Lipinski definition) is 0. The van der Waals surface area contributed by atoms with E-state index in [0.29, 0.717) is 23.2 Å². The van der Waals surface area contributed by atoms with Crippen molar-refractivity contribution in [1.82, 2.24) is 0 Å². The molecule has 4 rings (SSSR count). The van der Waals surface area contributed by atoms with Gasteiger partial charge in [0.25, 0.3) is 0 Å². The van der Waals surface area contributed by atoms with Gasteiger partial charge in [-0.2, -0.15) is 0 Å². The normalized spacial score (nSPS) is 12.6. The molecule has 0 spiro atoms. The molecule has 0 radical (unpaired) electrons. The van der Waals surface area contributed by atoms with Gasteiger partial charge in [-0.1, -0.05) is 62.3 Å². The second kappa shape index (κ2) is 8.82. The fourth-order valence-corrected chi connectivity index (χ4v) is 7.91. The summed E-state index contributed by atoms with van der Waals surface area (Å²) in [5.41, 5.74) is 0.293. The summed E-state index contributed by atoms with van der Waals surface area (Å²) in [6, 6.07) is 9.45. The summed E-state index contributed by atoms with van der Waals surface area (Å²) in [5, 5.41) is 1.45. The Kier molecular flexibility index (Phi) is 6.99. The molecule has 0 saturated heterocycles. The molecule has 0 atom stereocenters. The third kappa shape index (κ3) is 5.33. The van der Waals surface area contributed by atoms with Crippen molar-refractivity contribution in [2.24, 2.45) is 0 Å². The highest BCUT2D eigenvalue weighted by molar-refractivity contribution is 7.38. The van der Waals surface area contributed by atoms with Gasteiger partial charge < -0.3 is 0 Å². The lowest BCUT2D eigenvalue weighted by Crippen LogP contribution is -2.07. The Labute approximate surface area is 192 Å². The quantitative estimate of drug-likeness (QED) is 0.284. The average Bonchev–Trinajstić information content (AvgIpc) is 3.31. The van der Waals surface area contributed by atoms with Gasteiger partial charge in [0.1, 0.15) is 0 Å². The molecule has 0 fully saturated rings. The van der Waals surface area contributed by atoms with Crippen molar-refractivity contribution >= 4 is 64.1 Å². The van der Waals surface area contributed by atoms with Gasteiger partial charge in [0.05, 0.1) is 4.01 Å². The van der Waals surface area contributed by atoms with Crippen molar-refractivity contribution in [2.45, 2.75) is 85.5 Å². The van der Waals surface area contributed by atoms with Crippen molar-refractivity contribution in [3.8, 4) is 0 Å². The molecule has 0 aliphatic rings. The van der Waals surface area contributed by atoms with Gasteiger partial charge in [0.15, 0.2) is 0 Å². The first kappa shape index (κ1) is 23.0. The molecule has 0 unspecified atom stereocenters. The first-order valence-electron chi connectivity index (χ1n) is 10.5. The Morgan fingerprint density at radius 3 is 1.41 bits per heavy atom. The van der Waals surface area contributed by atoms with Crippen LogP contribution in [0.5, 0.6) is 0 Å². The van der Waals surface area contributed by atoms with Gasteiger partial charge in [-0.25, -0.2) is 0 Å². The van der Waals surface area contributed by atoms with E-state index in [0.717, 1.165) is 0 Å². The first-order valence-corrected chi connectivity index (χ1v) is 13.8. The molecule has 4 heterocycles. The molecule has 0 aliphatic carbocycles. The van der Waals surface area contributed by atoms with E-state index < -0.39 is 0 Å². The fraction of sp³-hybridized carbons (Fsp3) is 0.520. The Bertz CT molecular complexity index is 973. The van der Waals surface area contributed by atoms with E-state index >= 15 is 0 Å². The lowest BCUT2D eigenvalue weighted by atomic mass is 9.95. The first-order chi connectivity index (χ1) is 13.5. The zero-order valence-electron chi connectivity index (χ0n) is 19.2. The maximum atomic E-state index is 2.37. The van der Waals surface area contributed by atoms with Crippen molar-refractivity contribution < 1.29 is 0 Å². The van der Waals surface area contributed by atoms with Gasteiger partial charge in [0, 0.05) is 34.3 Å². The Hall–Kier alpha value is -0.680. The summed E-state index contributed by atoms with van der Waals surface area (Å²) in [5.74, 6) is 2.00. The standard InChI is InChI=1S/C13H18S2.C12H16S2/c1-8(2)9-6-10-11(14-9)7-12(15-10)13(3,4)5;1-7(2)10-5-9-6-11(8(3)4)14-12(9)13-10/h6-8H,1-5H3;5-8H,1-4H3. The van der Waals surface area contributed by atoms with Crippen molar-refractivity contribution in [3.05, 3.63) is 43.8 Å². The second-order valence-electron chi connectivity index (χ2n) is 9.74. The molecular formula is C25H34S4. The largest absolute Gasteiger partial charge is 0.139 e. The fourth-order valence-electron chi connectivity index (χ4n) is 2.96. The van der Waals surface area contributed by atoms with E-state index in [1.54, 1.807) is 0 Å². The summed E-state index contributed by atoms with van der Waals surface area (Å²) in [6.45, 7) is 20.4. The maximum Gasteiger partial charge on any atom is 0.0870 e. The smallest absolute Gasteiger partial charge is 0.0870 e. The predicted molar refractivity (Wildman–Crippen MR) is 140 cm³/mol. The lowest BCUT2D eigenvalue weighted by molar-refractivity contribution is 0.604. The third-order valence-corrected chi connectivity index (χ3v) is 10.9. The number of rotatable bonds is 3. The molecule has 29 heavy (non-hydrogen) atoms. The number of fused-ring (bicyclic) bond motifs is 2. The number of thiophene rings is 4. The van der Waals surface area contributed by atoms with Crippen LogP contribution in [-0.4, -0.2) is 0 Å². The van der Waals surface area contributed by atoms with Crippen LogP contribution in [0.25, 0.3) is 18.8 Å². The molecule has 4 aromatic heterocycles. The summed E-state index contributed by atoms with van der Waals surface area (Å²) >= 11 is 7.83. The zero-order chi connectivity index (χ0) is 21.5. The minimum atomic E-state index is 0.293. The molecule has 4 heteroatoms. The molecule has 0 bridgehead atoms. The van der Waals surface area contributed by atoms with Gasteiger partial charge in [0.2, 0.25) is 0 Å². The van der Waals surface area contributed by atoms with Crippen LogP contribution in [0.4, 0.5) is 0 Å². The van der Waals surface area contributed by atoms with Crippen molar-refractivity contribution in [1.29, 1.82) is 0 Å². The van der Waals surface area contributed by atoms with E-state index in [4.69, 9.17) is 0 Å². The van der Waals surface area contributed by atoms with Crippen LogP contribution in [0, 0.1) is 0 Å². The average molecular weight is 463 g/mol. The van der Waals surface area contributed by atoms with Crippen LogP contribution in [0.2, 0.25) is 0 Å². The molecule has 158 valence electrons. The van der Waals surface area contributed by atoms with E-state index in [1.807, 2.05) is 45.3 Å². The highest BCUT2D eigenvalue weighted by Crippen LogP contribution is 2.40. The Morgan fingerprint density at radius 2 is 1.03 bits per heavy atom. The molecule has 0 N–H and O–H groups in total. The minimum absolute atomic E-state index is 0.293. The number of hydrogen-bond acceptors (Lipinski definition) is 4. The molecular weight excluding hydrogens is 429 g/mol. The molecule has 0 aliphatic heterocycles. The molecule has 4 aromatic rings. The van der Waals surface area contributed by atoms with Gasteiger partial charge in [-0.15, -0.1) is 45.3 Å². The highest BCUT2D eigenvalue weighted by Gasteiger charge is 2.18. The van der Waals surface area contributed by atoms with Gasteiger partial charge in [-0.3, -0.25) is 0 Å². The van der Waals surface area contributed by atoms with Crippen molar-refractivity contribution in [3.63, 3.8) is 0 Å². The predicted octanol–water partition coefficient (Wildman–Crippen LogP) is 10.6. The van der Waals surface area contributed by atoms with E-state index in [2.05, 4.69) is 86.6 Å². The summed E-state index contributed by atoms with van der Waals surface area (Å²) in [7, 11) is 0. The van der Waals surface area contributed by atoms with Crippen LogP contribution in [-0.2, 0) is 5.41 Å². The SMILES string of the molecule is CC(C)c1cc2cc(C(C)C)sc2s1.CC(C)c1cc2sc(C(C)(C)C)cc2s1. The molecule has 0 amide bonds. The lowest BCUT2D eigenvalue weighted by Gasteiger charge is -2.15. The van der Waals surface area contributed by atoms with E-state index in [1.165, 1.54) is 38.3 Å². The molecule has 0 nitrogen and oxygen atoms in total. The van der Waals surface area contributed by atoms with Gasteiger partial charge in [-0.05, 0) is 47.4 Å². The van der Waals surface area contributed by atoms with Crippen LogP contribution < -0.4 is 0 Å². The topological polar surface area (TPSA) is 0 Å². The maximum absolute atomic E-state index is 2.37. The summed E-state index contributed by atoms with van der Waals surface area (Å²) in [4.78, 5) is 6.04. The Balaban J connectivity index is 0.000000166.